The zero-order valence-electron chi connectivity index (χ0n) is 7.62. The lowest BCUT2D eigenvalue weighted by molar-refractivity contribution is -0.147. The Morgan fingerprint density at radius 1 is 1.54 bits per heavy atom. The van der Waals surface area contributed by atoms with Crippen LogP contribution in [-0.4, -0.2) is 29.7 Å². The second kappa shape index (κ2) is 2.96. The maximum absolute atomic E-state index is 11.1. The van der Waals surface area contributed by atoms with Gasteiger partial charge in [-0.2, -0.15) is 0 Å². The Bertz CT molecular complexity index is 232. The molecule has 74 valence electrons. The van der Waals surface area contributed by atoms with Crippen LogP contribution in [0.2, 0.25) is 0 Å². The zero-order valence-corrected chi connectivity index (χ0v) is 7.62. The van der Waals surface area contributed by atoms with E-state index in [4.69, 9.17) is 10.8 Å². The van der Waals surface area contributed by atoms with Crippen molar-refractivity contribution in [3.05, 3.63) is 0 Å². The predicted molar refractivity (Wildman–Crippen MR) is 48.3 cm³/mol. The summed E-state index contributed by atoms with van der Waals surface area (Å²) in [6, 6.07) is 0. The van der Waals surface area contributed by atoms with E-state index in [1.165, 1.54) is 0 Å². The van der Waals surface area contributed by atoms with Gasteiger partial charge < -0.3 is 16.2 Å². The van der Waals surface area contributed by atoms with Gasteiger partial charge in [0.05, 0.1) is 0 Å². The average Bonchev–Trinajstić information content (AvgIpc) is 2.53. The highest BCUT2D eigenvalue weighted by Gasteiger charge is 2.49. The van der Waals surface area contributed by atoms with Crippen LogP contribution >= 0.6 is 0 Å². The van der Waals surface area contributed by atoms with Crippen LogP contribution < -0.4 is 11.1 Å². The molecule has 1 heterocycles. The molecule has 13 heavy (non-hydrogen) atoms. The van der Waals surface area contributed by atoms with Gasteiger partial charge in [-0.1, -0.05) is 6.42 Å². The Morgan fingerprint density at radius 2 is 2.31 bits per heavy atom. The minimum absolute atomic E-state index is 0.138. The van der Waals surface area contributed by atoms with Crippen LogP contribution in [0.1, 0.15) is 19.3 Å². The van der Waals surface area contributed by atoms with Crippen molar-refractivity contribution in [2.45, 2.75) is 24.8 Å². The van der Waals surface area contributed by atoms with E-state index in [9.17, 15) is 4.79 Å². The third kappa shape index (κ3) is 1.25. The Kier molecular flexibility index (Phi) is 2.04. The van der Waals surface area contributed by atoms with Crippen molar-refractivity contribution < 1.29 is 9.90 Å². The molecule has 4 nitrogen and oxygen atoms in total. The topological polar surface area (TPSA) is 75.4 Å². The number of carboxylic acids is 1. The Hall–Kier alpha value is -0.610. The molecule has 1 aliphatic heterocycles. The van der Waals surface area contributed by atoms with Gasteiger partial charge in [-0.15, -0.1) is 0 Å². The summed E-state index contributed by atoms with van der Waals surface area (Å²) in [5.41, 5.74) is 4.98. The molecular weight excluding hydrogens is 168 g/mol. The molecule has 2 aliphatic rings. The van der Waals surface area contributed by atoms with E-state index in [1.807, 2.05) is 0 Å². The SMILES string of the molecule is N[C@@]1(C(=O)O)CCC[C@@H]2CNC[C@H]21. The molecule has 0 spiro atoms. The van der Waals surface area contributed by atoms with Crippen LogP contribution in [-0.2, 0) is 4.79 Å². The number of hydrogen-bond acceptors (Lipinski definition) is 3. The van der Waals surface area contributed by atoms with Crippen LogP contribution in [0.3, 0.4) is 0 Å². The van der Waals surface area contributed by atoms with Gasteiger partial charge in [0.2, 0.25) is 0 Å². The molecule has 1 saturated heterocycles. The highest BCUT2D eigenvalue weighted by atomic mass is 16.4. The summed E-state index contributed by atoms with van der Waals surface area (Å²) in [5.74, 6) is -0.209. The number of carbonyl (C=O) groups is 1. The second-order valence-corrected chi connectivity index (χ2v) is 4.26. The van der Waals surface area contributed by atoms with E-state index in [0.717, 1.165) is 25.9 Å². The van der Waals surface area contributed by atoms with Gasteiger partial charge in [0.1, 0.15) is 5.54 Å². The highest BCUT2D eigenvalue weighted by Crippen LogP contribution is 2.38. The fourth-order valence-electron chi connectivity index (χ4n) is 2.75. The molecule has 2 rings (SSSR count). The number of rotatable bonds is 1. The summed E-state index contributed by atoms with van der Waals surface area (Å²) in [7, 11) is 0. The molecule has 4 N–H and O–H groups in total. The maximum atomic E-state index is 11.1. The molecule has 0 bridgehead atoms. The number of carboxylic acid groups (broad SMARTS) is 1. The van der Waals surface area contributed by atoms with Crippen molar-refractivity contribution in [1.29, 1.82) is 0 Å². The summed E-state index contributed by atoms with van der Waals surface area (Å²) >= 11 is 0. The number of hydrogen-bond donors (Lipinski definition) is 3. The molecule has 3 atom stereocenters. The third-order valence-electron chi connectivity index (χ3n) is 3.57. The second-order valence-electron chi connectivity index (χ2n) is 4.26. The molecule has 0 aromatic carbocycles. The van der Waals surface area contributed by atoms with Crippen molar-refractivity contribution >= 4 is 5.97 Å². The van der Waals surface area contributed by atoms with Crippen molar-refractivity contribution in [2.75, 3.05) is 13.1 Å². The van der Waals surface area contributed by atoms with E-state index >= 15 is 0 Å². The van der Waals surface area contributed by atoms with Crippen LogP contribution in [0.25, 0.3) is 0 Å². The molecule has 0 aromatic rings. The third-order valence-corrected chi connectivity index (χ3v) is 3.57. The van der Waals surface area contributed by atoms with Crippen molar-refractivity contribution in [1.82, 2.24) is 5.32 Å². The van der Waals surface area contributed by atoms with Crippen LogP contribution in [0, 0.1) is 11.8 Å². The molecular formula is C9H16N2O2. The smallest absolute Gasteiger partial charge is 0.324 e. The van der Waals surface area contributed by atoms with Crippen LogP contribution in [0.15, 0.2) is 0 Å². The van der Waals surface area contributed by atoms with Crippen LogP contribution in [0.5, 0.6) is 0 Å². The molecule has 4 heteroatoms. The standard InChI is InChI=1S/C9H16N2O2/c10-9(8(12)13)3-1-2-6-4-11-5-7(6)9/h6-7,11H,1-5,10H2,(H,12,13)/t6-,7-,9+/m1/s1. The van der Waals surface area contributed by atoms with Gasteiger partial charge in [-0.3, -0.25) is 4.79 Å². The van der Waals surface area contributed by atoms with E-state index in [2.05, 4.69) is 5.32 Å². The molecule has 2 fully saturated rings. The molecule has 1 aliphatic carbocycles. The van der Waals surface area contributed by atoms with E-state index in [1.54, 1.807) is 0 Å². The minimum Gasteiger partial charge on any atom is -0.480 e. The Balaban J connectivity index is 2.22. The van der Waals surface area contributed by atoms with Gasteiger partial charge in [-0.05, 0) is 25.3 Å². The van der Waals surface area contributed by atoms with Gasteiger partial charge >= 0.3 is 5.97 Å². The molecule has 0 aromatic heterocycles. The predicted octanol–water partition coefficient (Wildman–Crippen LogP) is -0.212. The number of aliphatic carboxylic acids is 1. The fraction of sp³-hybridized carbons (Fsp3) is 0.889. The molecule has 1 saturated carbocycles. The number of fused-ring (bicyclic) bond motifs is 1. The van der Waals surface area contributed by atoms with Crippen molar-refractivity contribution in [2.24, 2.45) is 17.6 Å². The highest BCUT2D eigenvalue weighted by molar-refractivity contribution is 5.79. The quantitative estimate of drug-likeness (QED) is 0.527. The lowest BCUT2D eigenvalue weighted by atomic mass is 9.69. The van der Waals surface area contributed by atoms with Gasteiger partial charge in [0.25, 0.3) is 0 Å². The first-order chi connectivity index (χ1) is 6.14. The Labute approximate surface area is 77.5 Å². The van der Waals surface area contributed by atoms with E-state index in [0.29, 0.717) is 12.3 Å². The van der Waals surface area contributed by atoms with Gasteiger partial charge in [-0.25, -0.2) is 0 Å². The average molecular weight is 184 g/mol. The summed E-state index contributed by atoms with van der Waals surface area (Å²) in [5, 5.41) is 12.3. The molecule has 0 amide bonds. The summed E-state index contributed by atoms with van der Waals surface area (Å²) < 4.78 is 0. The first-order valence-electron chi connectivity index (χ1n) is 4.87. The molecule has 0 unspecified atom stereocenters. The minimum atomic E-state index is -0.966. The first kappa shape index (κ1) is 8.97. The van der Waals surface area contributed by atoms with E-state index < -0.39 is 11.5 Å². The van der Waals surface area contributed by atoms with Gasteiger partial charge in [0, 0.05) is 12.5 Å². The van der Waals surface area contributed by atoms with Crippen molar-refractivity contribution in [3.63, 3.8) is 0 Å². The van der Waals surface area contributed by atoms with Gasteiger partial charge in [0.15, 0.2) is 0 Å². The normalized spacial score (nSPS) is 44.4. The number of nitrogens with one attached hydrogen (secondary N) is 1. The Morgan fingerprint density at radius 3 is 3.00 bits per heavy atom. The molecule has 0 radical (unpaired) electrons. The lowest BCUT2D eigenvalue weighted by Gasteiger charge is -2.38. The van der Waals surface area contributed by atoms with Crippen molar-refractivity contribution in [3.8, 4) is 0 Å². The summed E-state index contributed by atoms with van der Waals surface area (Å²) in [4.78, 5) is 11.1. The summed E-state index contributed by atoms with van der Waals surface area (Å²) in [6.07, 6.45) is 2.71. The first-order valence-corrected chi connectivity index (χ1v) is 4.87. The maximum Gasteiger partial charge on any atom is 0.324 e. The zero-order chi connectivity index (χ0) is 9.47. The lowest BCUT2D eigenvalue weighted by Crippen LogP contribution is -2.58. The number of nitrogens with two attached hydrogens (primary N) is 1. The monoisotopic (exact) mass is 184 g/mol. The summed E-state index contributed by atoms with van der Waals surface area (Å²) in [6.45, 7) is 1.71. The largest absolute Gasteiger partial charge is 0.480 e. The fourth-order valence-corrected chi connectivity index (χ4v) is 2.75. The van der Waals surface area contributed by atoms with Crippen LogP contribution in [0.4, 0.5) is 0 Å². The van der Waals surface area contributed by atoms with E-state index in [-0.39, 0.29) is 5.92 Å².